The fraction of sp³-hybridized carbons (Fsp3) is 0.286. The second-order valence-electron chi connectivity index (χ2n) is 2.26. The summed E-state index contributed by atoms with van der Waals surface area (Å²) in [5.41, 5.74) is -0.0915. The molecule has 0 saturated heterocycles. The van der Waals surface area contributed by atoms with Crippen LogP contribution in [0.4, 0.5) is 8.78 Å². The van der Waals surface area contributed by atoms with E-state index in [0.29, 0.717) is 3.70 Å². The maximum atomic E-state index is 12.3. The summed E-state index contributed by atoms with van der Waals surface area (Å²) in [6.07, 6.45) is -1.64. The number of aromatic nitrogens is 1. The molecule has 0 radical (unpaired) electrons. The van der Waals surface area contributed by atoms with E-state index in [1.165, 1.54) is 0 Å². The molecule has 0 aromatic carbocycles. The summed E-state index contributed by atoms with van der Waals surface area (Å²) in [5, 5.41) is 8.73. The standard InChI is InChI=1S/C7H5ClF2INO/c8-5-3(6(9)10)1-12-7(11)4(5)2-13/h1,6,13H,2H2. The molecule has 72 valence electrons. The van der Waals surface area contributed by atoms with Gasteiger partial charge in [-0.2, -0.15) is 0 Å². The monoisotopic (exact) mass is 319 g/mol. The number of hydrogen-bond donors (Lipinski definition) is 1. The average molecular weight is 319 g/mol. The van der Waals surface area contributed by atoms with E-state index in [9.17, 15) is 8.78 Å². The molecule has 6 heteroatoms. The van der Waals surface area contributed by atoms with Crippen molar-refractivity contribution in [1.29, 1.82) is 0 Å². The lowest BCUT2D eigenvalue weighted by molar-refractivity contribution is 0.150. The van der Waals surface area contributed by atoms with Crippen LogP contribution < -0.4 is 0 Å². The minimum Gasteiger partial charge on any atom is -0.392 e. The summed E-state index contributed by atoms with van der Waals surface area (Å²) in [6.45, 7) is -0.384. The molecule has 0 aliphatic heterocycles. The molecule has 0 bridgehead atoms. The van der Waals surface area contributed by atoms with E-state index in [-0.39, 0.29) is 22.8 Å². The molecule has 0 atom stereocenters. The number of alkyl halides is 2. The Morgan fingerprint density at radius 1 is 1.62 bits per heavy atom. The largest absolute Gasteiger partial charge is 0.392 e. The van der Waals surface area contributed by atoms with Crippen molar-refractivity contribution in [3.8, 4) is 0 Å². The van der Waals surface area contributed by atoms with Gasteiger partial charge in [0.15, 0.2) is 0 Å². The summed E-state index contributed by atoms with van der Waals surface area (Å²) < 4.78 is 25.0. The van der Waals surface area contributed by atoms with E-state index in [1.807, 2.05) is 22.6 Å². The molecule has 1 rings (SSSR count). The number of rotatable bonds is 2. The summed E-state index contributed by atoms with van der Waals surface area (Å²) in [7, 11) is 0. The SMILES string of the molecule is OCc1c(I)ncc(C(F)F)c1Cl. The van der Waals surface area contributed by atoms with E-state index in [2.05, 4.69) is 4.98 Å². The Kier molecular flexibility index (Phi) is 3.81. The van der Waals surface area contributed by atoms with Gasteiger partial charge in [0.2, 0.25) is 0 Å². The van der Waals surface area contributed by atoms with Gasteiger partial charge in [0.1, 0.15) is 3.70 Å². The number of nitrogens with zero attached hydrogens (tertiary/aromatic N) is 1. The third kappa shape index (κ3) is 2.26. The van der Waals surface area contributed by atoms with Crippen molar-refractivity contribution in [2.45, 2.75) is 13.0 Å². The fourth-order valence-corrected chi connectivity index (χ4v) is 1.83. The lowest BCUT2D eigenvalue weighted by atomic mass is 10.2. The first-order valence-electron chi connectivity index (χ1n) is 3.29. The lowest BCUT2D eigenvalue weighted by Gasteiger charge is -2.07. The van der Waals surface area contributed by atoms with Crippen molar-refractivity contribution in [2.75, 3.05) is 0 Å². The van der Waals surface area contributed by atoms with Gasteiger partial charge in [0.25, 0.3) is 6.43 Å². The third-order valence-corrected chi connectivity index (χ3v) is 2.85. The van der Waals surface area contributed by atoms with Crippen LogP contribution in [0.1, 0.15) is 17.6 Å². The maximum absolute atomic E-state index is 12.3. The first-order valence-corrected chi connectivity index (χ1v) is 4.75. The van der Waals surface area contributed by atoms with Gasteiger partial charge >= 0.3 is 0 Å². The number of halogens is 4. The Balaban J connectivity index is 3.27. The van der Waals surface area contributed by atoms with E-state index in [4.69, 9.17) is 16.7 Å². The van der Waals surface area contributed by atoms with Crippen LogP contribution in [0.15, 0.2) is 6.20 Å². The summed E-state index contributed by atoms with van der Waals surface area (Å²) >= 11 is 7.45. The van der Waals surface area contributed by atoms with Gasteiger partial charge in [-0.25, -0.2) is 13.8 Å². The molecule has 0 aliphatic rings. The number of aliphatic hydroxyl groups is 1. The van der Waals surface area contributed by atoms with E-state index in [1.54, 1.807) is 0 Å². The van der Waals surface area contributed by atoms with E-state index < -0.39 is 6.43 Å². The lowest BCUT2D eigenvalue weighted by Crippen LogP contribution is -1.98. The Morgan fingerprint density at radius 2 is 2.23 bits per heavy atom. The van der Waals surface area contributed by atoms with Crippen molar-refractivity contribution in [2.24, 2.45) is 0 Å². The third-order valence-electron chi connectivity index (χ3n) is 1.48. The van der Waals surface area contributed by atoms with Gasteiger partial charge in [-0.05, 0) is 22.6 Å². The number of hydrogen-bond acceptors (Lipinski definition) is 2. The Hall–Kier alpha value is -0.0100. The second-order valence-corrected chi connectivity index (χ2v) is 3.66. The minimum atomic E-state index is -2.66. The van der Waals surface area contributed by atoms with Gasteiger partial charge < -0.3 is 5.11 Å². The van der Waals surface area contributed by atoms with Crippen LogP contribution in [-0.2, 0) is 6.61 Å². The molecule has 1 heterocycles. The van der Waals surface area contributed by atoms with Crippen LogP contribution >= 0.6 is 34.2 Å². The van der Waals surface area contributed by atoms with Crippen LogP contribution in [0.5, 0.6) is 0 Å². The molecule has 0 aliphatic carbocycles. The Bertz CT molecular complexity index is 322. The summed E-state index contributed by atoms with van der Waals surface area (Å²) in [4.78, 5) is 3.69. The van der Waals surface area contributed by atoms with Crippen LogP contribution in [0.3, 0.4) is 0 Å². The molecule has 0 saturated carbocycles. The van der Waals surface area contributed by atoms with Gasteiger partial charge in [-0.3, -0.25) is 0 Å². The highest BCUT2D eigenvalue weighted by Gasteiger charge is 2.17. The van der Waals surface area contributed by atoms with Gasteiger partial charge in [-0.15, -0.1) is 0 Å². The minimum absolute atomic E-state index is 0.100. The smallest absolute Gasteiger partial charge is 0.266 e. The molecule has 1 aromatic heterocycles. The fourth-order valence-electron chi connectivity index (χ4n) is 0.812. The molecule has 13 heavy (non-hydrogen) atoms. The van der Waals surface area contributed by atoms with Gasteiger partial charge in [0.05, 0.1) is 17.2 Å². The molecule has 1 N–H and O–H groups in total. The van der Waals surface area contributed by atoms with Crippen LogP contribution in [0.25, 0.3) is 0 Å². The predicted octanol–water partition coefficient (Wildman–Crippen LogP) is 2.77. The topological polar surface area (TPSA) is 33.1 Å². The number of pyridine rings is 1. The second kappa shape index (κ2) is 4.47. The highest BCUT2D eigenvalue weighted by atomic mass is 127. The first kappa shape index (κ1) is 11.1. The van der Waals surface area contributed by atoms with Crippen molar-refractivity contribution >= 4 is 34.2 Å². The normalized spacial score (nSPS) is 10.9. The van der Waals surface area contributed by atoms with Crippen molar-refractivity contribution in [1.82, 2.24) is 4.98 Å². The van der Waals surface area contributed by atoms with E-state index in [0.717, 1.165) is 6.20 Å². The predicted molar refractivity (Wildman–Crippen MR) is 52.8 cm³/mol. The van der Waals surface area contributed by atoms with E-state index >= 15 is 0 Å². The van der Waals surface area contributed by atoms with Gasteiger partial charge in [0, 0.05) is 11.8 Å². The Morgan fingerprint density at radius 3 is 2.69 bits per heavy atom. The maximum Gasteiger partial charge on any atom is 0.266 e. The van der Waals surface area contributed by atoms with Crippen LogP contribution in [0, 0.1) is 3.70 Å². The average Bonchev–Trinajstić information content (AvgIpc) is 2.04. The molecule has 1 aromatic rings. The van der Waals surface area contributed by atoms with Crippen LogP contribution in [-0.4, -0.2) is 10.1 Å². The summed E-state index contributed by atoms with van der Waals surface area (Å²) in [6, 6.07) is 0. The van der Waals surface area contributed by atoms with Gasteiger partial charge in [-0.1, -0.05) is 11.6 Å². The summed E-state index contributed by atoms with van der Waals surface area (Å²) in [5.74, 6) is 0. The zero-order valence-corrected chi connectivity index (χ0v) is 9.18. The quantitative estimate of drug-likeness (QED) is 0.672. The molecular weight excluding hydrogens is 314 g/mol. The molecule has 0 spiro atoms. The highest BCUT2D eigenvalue weighted by molar-refractivity contribution is 14.1. The molecular formula is C7H5ClF2INO. The molecule has 0 amide bonds. The Labute approximate surface area is 92.1 Å². The molecule has 0 fully saturated rings. The zero-order chi connectivity index (χ0) is 10.0. The highest BCUT2D eigenvalue weighted by Crippen LogP contribution is 2.30. The zero-order valence-electron chi connectivity index (χ0n) is 6.27. The first-order chi connectivity index (χ1) is 6.07. The van der Waals surface area contributed by atoms with Crippen molar-refractivity contribution in [3.63, 3.8) is 0 Å². The van der Waals surface area contributed by atoms with Crippen molar-refractivity contribution < 1.29 is 13.9 Å². The molecule has 0 unspecified atom stereocenters. The number of aliphatic hydroxyl groups excluding tert-OH is 1. The van der Waals surface area contributed by atoms with Crippen molar-refractivity contribution in [3.05, 3.63) is 26.0 Å². The molecule has 2 nitrogen and oxygen atoms in total. The van der Waals surface area contributed by atoms with Crippen LogP contribution in [0.2, 0.25) is 5.02 Å².